The Hall–Kier alpha value is -2.37. The van der Waals surface area contributed by atoms with Gasteiger partial charge < -0.3 is 10.1 Å². The number of rotatable bonds is 5. The molecule has 0 spiro atoms. The van der Waals surface area contributed by atoms with Crippen molar-refractivity contribution in [1.29, 1.82) is 0 Å². The van der Waals surface area contributed by atoms with E-state index in [1.54, 1.807) is 12.1 Å². The molecule has 0 atom stereocenters. The average molecular weight is 464 g/mol. The van der Waals surface area contributed by atoms with Gasteiger partial charge in [0.1, 0.15) is 11.6 Å². The zero-order valence-electron chi connectivity index (χ0n) is 15.4. The van der Waals surface area contributed by atoms with Gasteiger partial charge in [-0.05, 0) is 37.1 Å². The summed E-state index contributed by atoms with van der Waals surface area (Å²) in [7, 11) is -4.03. The van der Waals surface area contributed by atoms with Crippen molar-refractivity contribution in [3.63, 3.8) is 0 Å². The van der Waals surface area contributed by atoms with Crippen LogP contribution in [0.4, 0.5) is 19.0 Å². The fourth-order valence-corrected chi connectivity index (χ4v) is 4.63. The van der Waals surface area contributed by atoms with E-state index < -0.39 is 28.1 Å². The van der Waals surface area contributed by atoms with Crippen LogP contribution >= 0.6 is 11.6 Å². The number of aromatic nitrogens is 1. The van der Waals surface area contributed by atoms with Gasteiger partial charge in [-0.3, -0.25) is 4.79 Å². The van der Waals surface area contributed by atoms with Crippen LogP contribution < -0.4 is 10.1 Å². The van der Waals surface area contributed by atoms with Gasteiger partial charge in [-0.15, -0.1) is 13.2 Å². The number of carbonyl (C=O) groups excluding carboxylic acids is 1. The largest absolute Gasteiger partial charge is 0.573 e. The van der Waals surface area contributed by atoms with Crippen LogP contribution in [0.3, 0.4) is 0 Å². The molecule has 1 aromatic carbocycles. The Morgan fingerprint density at radius 3 is 2.50 bits per heavy atom. The number of piperidine rings is 1. The lowest BCUT2D eigenvalue weighted by atomic mass is 9.97. The summed E-state index contributed by atoms with van der Waals surface area (Å²) in [5.74, 6) is -0.995. The average Bonchev–Trinajstić information content (AvgIpc) is 2.69. The number of benzene rings is 1. The molecule has 2 heterocycles. The molecule has 162 valence electrons. The molecule has 1 saturated heterocycles. The highest BCUT2D eigenvalue weighted by molar-refractivity contribution is 7.89. The Morgan fingerprint density at radius 2 is 1.90 bits per heavy atom. The number of anilines is 1. The predicted octanol–water partition coefficient (Wildman–Crippen LogP) is 3.67. The normalized spacial score (nSPS) is 16.3. The Balaban J connectivity index is 1.63. The molecule has 2 aromatic rings. The van der Waals surface area contributed by atoms with Crippen LogP contribution in [0, 0.1) is 5.92 Å². The number of halogens is 4. The fraction of sp³-hybridized carbons (Fsp3) is 0.333. The van der Waals surface area contributed by atoms with Gasteiger partial charge in [0, 0.05) is 31.3 Å². The molecule has 3 rings (SSSR count). The third-order valence-corrected chi connectivity index (χ3v) is 6.60. The molecule has 0 saturated carbocycles. The van der Waals surface area contributed by atoms with Gasteiger partial charge in [0.25, 0.3) is 0 Å². The van der Waals surface area contributed by atoms with E-state index in [0.717, 1.165) is 16.4 Å². The molecule has 1 aromatic heterocycles. The van der Waals surface area contributed by atoms with Crippen molar-refractivity contribution >= 4 is 33.3 Å². The van der Waals surface area contributed by atoms with Crippen molar-refractivity contribution in [3.8, 4) is 5.75 Å². The molecular formula is C18H17ClF3N3O4S. The first-order chi connectivity index (χ1) is 14.0. The molecule has 12 heteroatoms. The van der Waals surface area contributed by atoms with E-state index in [0.29, 0.717) is 10.8 Å². The summed E-state index contributed by atoms with van der Waals surface area (Å²) in [5.41, 5.74) is 0. The van der Waals surface area contributed by atoms with E-state index in [-0.39, 0.29) is 36.7 Å². The molecule has 1 amide bonds. The van der Waals surface area contributed by atoms with E-state index in [4.69, 9.17) is 11.6 Å². The van der Waals surface area contributed by atoms with Gasteiger partial charge in [-0.2, -0.15) is 4.31 Å². The summed E-state index contributed by atoms with van der Waals surface area (Å²) < 4.78 is 67.6. The molecule has 1 aliphatic rings. The molecule has 0 unspecified atom stereocenters. The fourth-order valence-electron chi connectivity index (χ4n) is 3.02. The van der Waals surface area contributed by atoms with Crippen LogP contribution in [0.15, 0.2) is 47.5 Å². The first kappa shape index (κ1) is 22.3. The quantitative estimate of drug-likeness (QED) is 0.730. The molecule has 0 aliphatic carbocycles. The summed E-state index contributed by atoms with van der Waals surface area (Å²) in [6.07, 6.45) is -3.01. The maximum atomic E-state index is 12.8. The SMILES string of the molecule is O=C(Nc1ccc(Cl)cn1)C1CCN(S(=O)(=O)c2cccc(OC(F)(F)F)c2)CC1. The van der Waals surface area contributed by atoms with Crippen LogP contribution in [0.2, 0.25) is 5.02 Å². The van der Waals surface area contributed by atoms with Crippen LogP contribution in [0.1, 0.15) is 12.8 Å². The van der Waals surface area contributed by atoms with Gasteiger partial charge in [0.05, 0.1) is 9.92 Å². The van der Waals surface area contributed by atoms with Crippen LogP contribution in [-0.4, -0.2) is 43.1 Å². The van der Waals surface area contributed by atoms with Crippen molar-refractivity contribution in [1.82, 2.24) is 9.29 Å². The summed E-state index contributed by atoms with van der Waals surface area (Å²) in [6, 6.07) is 7.35. The second kappa shape index (κ2) is 8.78. The maximum absolute atomic E-state index is 12.8. The summed E-state index contributed by atoms with van der Waals surface area (Å²) >= 11 is 5.75. The summed E-state index contributed by atoms with van der Waals surface area (Å²) in [6.45, 7) is 0.109. The number of carbonyl (C=O) groups is 1. The maximum Gasteiger partial charge on any atom is 0.573 e. The van der Waals surface area contributed by atoms with E-state index in [1.165, 1.54) is 18.3 Å². The van der Waals surface area contributed by atoms with Gasteiger partial charge in [0.2, 0.25) is 15.9 Å². The zero-order chi connectivity index (χ0) is 21.9. The number of pyridine rings is 1. The van der Waals surface area contributed by atoms with Crippen molar-refractivity contribution in [2.75, 3.05) is 18.4 Å². The highest BCUT2D eigenvalue weighted by Crippen LogP contribution is 2.29. The van der Waals surface area contributed by atoms with Gasteiger partial charge in [-0.1, -0.05) is 17.7 Å². The highest BCUT2D eigenvalue weighted by Gasteiger charge is 2.34. The minimum atomic E-state index is -4.92. The first-order valence-corrected chi connectivity index (χ1v) is 10.6. The number of nitrogens with zero attached hydrogens (tertiary/aromatic N) is 2. The van der Waals surface area contributed by atoms with Crippen LogP contribution in [0.25, 0.3) is 0 Å². The highest BCUT2D eigenvalue weighted by atomic mass is 35.5. The molecular weight excluding hydrogens is 447 g/mol. The lowest BCUT2D eigenvalue weighted by molar-refractivity contribution is -0.274. The van der Waals surface area contributed by atoms with E-state index in [1.807, 2.05) is 0 Å². The Bertz CT molecular complexity index is 1010. The second-order valence-electron chi connectivity index (χ2n) is 6.55. The number of hydrogen-bond acceptors (Lipinski definition) is 5. The molecule has 30 heavy (non-hydrogen) atoms. The van der Waals surface area contributed by atoms with E-state index in [2.05, 4.69) is 15.0 Å². The van der Waals surface area contributed by atoms with Crippen molar-refractivity contribution in [2.24, 2.45) is 5.92 Å². The second-order valence-corrected chi connectivity index (χ2v) is 8.93. The molecule has 0 bridgehead atoms. The minimum Gasteiger partial charge on any atom is -0.406 e. The van der Waals surface area contributed by atoms with E-state index in [9.17, 15) is 26.4 Å². The summed E-state index contributed by atoms with van der Waals surface area (Å²) in [4.78, 5) is 16.1. The number of alkyl halides is 3. The molecule has 7 nitrogen and oxygen atoms in total. The zero-order valence-corrected chi connectivity index (χ0v) is 17.0. The van der Waals surface area contributed by atoms with Crippen molar-refractivity contribution in [3.05, 3.63) is 47.6 Å². The van der Waals surface area contributed by atoms with Crippen molar-refractivity contribution in [2.45, 2.75) is 24.1 Å². The lowest BCUT2D eigenvalue weighted by Gasteiger charge is -2.30. The number of hydrogen-bond donors (Lipinski definition) is 1. The molecule has 1 N–H and O–H groups in total. The summed E-state index contributed by atoms with van der Waals surface area (Å²) in [5, 5.41) is 3.08. The van der Waals surface area contributed by atoms with Gasteiger partial charge in [-0.25, -0.2) is 13.4 Å². The molecule has 1 aliphatic heterocycles. The molecule has 0 radical (unpaired) electrons. The standard InChI is InChI=1S/C18H17ClF3N3O4S/c19-13-4-5-16(23-11-13)24-17(26)12-6-8-25(9-7-12)30(27,28)15-3-1-2-14(10-15)29-18(20,21)22/h1-5,10-12H,6-9H2,(H,23,24,26). The lowest BCUT2D eigenvalue weighted by Crippen LogP contribution is -2.41. The number of amides is 1. The third kappa shape index (κ3) is 5.61. The number of sulfonamides is 1. The van der Waals surface area contributed by atoms with Gasteiger partial charge in [0.15, 0.2) is 0 Å². The smallest absolute Gasteiger partial charge is 0.406 e. The Labute approximate surface area is 175 Å². The van der Waals surface area contributed by atoms with Crippen LogP contribution in [0.5, 0.6) is 5.75 Å². The molecule has 1 fully saturated rings. The Kier molecular flexibility index (Phi) is 6.53. The number of ether oxygens (including phenoxy) is 1. The van der Waals surface area contributed by atoms with E-state index >= 15 is 0 Å². The topological polar surface area (TPSA) is 88.6 Å². The number of nitrogens with one attached hydrogen (secondary N) is 1. The van der Waals surface area contributed by atoms with Crippen molar-refractivity contribution < 1.29 is 31.1 Å². The minimum absolute atomic E-state index is 0.0544. The first-order valence-electron chi connectivity index (χ1n) is 8.83. The predicted molar refractivity (Wildman–Crippen MR) is 102 cm³/mol. The van der Waals surface area contributed by atoms with Gasteiger partial charge >= 0.3 is 6.36 Å². The third-order valence-electron chi connectivity index (χ3n) is 4.48. The van der Waals surface area contributed by atoms with Crippen LogP contribution in [-0.2, 0) is 14.8 Å². The monoisotopic (exact) mass is 463 g/mol. The Morgan fingerprint density at radius 1 is 1.20 bits per heavy atom.